The Morgan fingerprint density at radius 1 is 1.21 bits per heavy atom. The molecule has 2 aliphatic heterocycles. The predicted molar refractivity (Wildman–Crippen MR) is 138 cm³/mol. The lowest BCUT2D eigenvalue weighted by Gasteiger charge is -2.47. The second-order valence-corrected chi connectivity index (χ2v) is 10.1. The van der Waals surface area contributed by atoms with Crippen molar-refractivity contribution in [1.82, 2.24) is 4.90 Å². The highest BCUT2D eigenvalue weighted by Crippen LogP contribution is 2.41. The van der Waals surface area contributed by atoms with E-state index in [-0.39, 0.29) is 30.2 Å². The van der Waals surface area contributed by atoms with Gasteiger partial charge in [0.05, 0.1) is 5.54 Å². The van der Waals surface area contributed by atoms with E-state index >= 15 is 0 Å². The molecule has 0 unspecified atom stereocenters. The first-order valence-electron chi connectivity index (χ1n) is 11.3. The summed E-state index contributed by atoms with van der Waals surface area (Å²) in [6.07, 6.45) is 5.20. The maximum atomic E-state index is 13.9. The number of likely N-dealkylation sites (tertiary alicyclic amines) is 1. The summed E-state index contributed by atoms with van der Waals surface area (Å²) in [5.74, 6) is -0.122. The summed E-state index contributed by atoms with van der Waals surface area (Å²) in [4.78, 5) is 18.0. The van der Waals surface area contributed by atoms with Crippen LogP contribution in [-0.2, 0) is 11.3 Å². The summed E-state index contributed by atoms with van der Waals surface area (Å²) in [6, 6.07) is 14.4. The molecule has 0 radical (unpaired) electrons. The van der Waals surface area contributed by atoms with Crippen LogP contribution in [0.2, 0.25) is 0 Å². The average Bonchev–Trinajstić information content (AvgIpc) is 3.34. The Morgan fingerprint density at radius 2 is 2.03 bits per heavy atom. The zero-order chi connectivity index (χ0) is 23.2. The molecule has 1 fully saturated rings. The van der Waals surface area contributed by atoms with Crippen LogP contribution in [0.4, 0.5) is 10.1 Å². The van der Waals surface area contributed by atoms with Crippen molar-refractivity contribution < 1.29 is 14.3 Å². The van der Waals surface area contributed by atoms with Gasteiger partial charge in [0.15, 0.2) is 0 Å². The summed E-state index contributed by atoms with van der Waals surface area (Å²) in [7, 11) is 0. The van der Waals surface area contributed by atoms with Crippen molar-refractivity contribution in [2.45, 2.75) is 44.8 Å². The van der Waals surface area contributed by atoms with Crippen molar-refractivity contribution in [3.63, 3.8) is 0 Å². The lowest BCUT2D eigenvalue weighted by atomic mass is 9.82. The van der Waals surface area contributed by atoms with E-state index in [1.807, 2.05) is 17.5 Å². The van der Waals surface area contributed by atoms with Crippen LogP contribution in [-0.4, -0.2) is 34.0 Å². The number of aromatic hydroxyl groups is 1. The summed E-state index contributed by atoms with van der Waals surface area (Å²) >= 11 is 1.64. The van der Waals surface area contributed by atoms with E-state index in [1.165, 1.54) is 12.1 Å². The summed E-state index contributed by atoms with van der Waals surface area (Å²) in [5.41, 5.74) is 3.38. The van der Waals surface area contributed by atoms with Gasteiger partial charge in [-0.1, -0.05) is 18.2 Å². The van der Waals surface area contributed by atoms with Crippen LogP contribution in [0.3, 0.4) is 0 Å². The molecule has 1 aromatic heterocycles. The van der Waals surface area contributed by atoms with Crippen molar-refractivity contribution >= 4 is 35.3 Å². The molecule has 5 rings (SSSR count). The standard InChI is InChI=1S/C27H27FN2O2S.ClH/c1-18-9-13-33-26(18)23-14-20(6-7-24(23)31)17-29-12-11-27(16-19(29)2)10-8-25(32)30(27)22-5-3-4-21(28)15-22;/h3-10,13-15,19,31H,11-12,16-17H2,1-2H3;1H/t19-,27+;/m0./s1. The van der Waals surface area contributed by atoms with Crippen molar-refractivity contribution in [2.24, 2.45) is 0 Å². The molecule has 4 nitrogen and oxygen atoms in total. The van der Waals surface area contributed by atoms with Crippen LogP contribution in [0.15, 0.2) is 66.1 Å². The van der Waals surface area contributed by atoms with Gasteiger partial charge in [-0.25, -0.2) is 4.39 Å². The zero-order valence-electron chi connectivity index (χ0n) is 19.2. The van der Waals surface area contributed by atoms with Gasteiger partial charge in [-0.3, -0.25) is 14.6 Å². The van der Waals surface area contributed by atoms with Gasteiger partial charge in [0.25, 0.3) is 5.91 Å². The molecule has 2 aromatic carbocycles. The Bertz CT molecular complexity index is 1240. The highest BCUT2D eigenvalue weighted by atomic mass is 35.5. The fourth-order valence-corrected chi connectivity index (χ4v) is 6.18. The van der Waals surface area contributed by atoms with E-state index in [0.29, 0.717) is 11.4 Å². The Balaban J connectivity index is 0.00000274. The molecule has 1 N–H and O–H groups in total. The number of hydrogen-bond acceptors (Lipinski definition) is 4. The number of amides is 1. The highest BCUT2D eigenvalue weighted by Gasteiger charge is 2.46. The van der Waals surface area contributed by atoms with Crippen LogP contribution in [0, 0.1) is 12.7 Å². The minimum absolute atomic E-state index is 0. The second kappa shape index (κ2) is 9.53. The van der Waals surface area contributed by atoms with Crippen molar-refractivity contribution in [3.8, 4) is 16.2 Å². The number of carbonyl (C=O) groups excluding carboxylic acids is 1. The van der Waals surface area contributed by atoms with Crippen LogP contribution in [0.1, 0.15) is 30.9 Å². The van der Waals surface area contributed by atoms with E-state index in [0.717, 1.165) is 47.5 Å². The number of carbonyl (C=O) groups is 1. The first kappa shape index (κ1) is 24.5. The zero-order valence-corrected chi connectivity index (χ0v) is 20.8. The second-order valence-electron chi connectivity index (χ2n) is 9.15. The smallest absolute Gasteiger partial charge is 0.251 e. The third-order valence-electron chi connectivity index (χ3n) is 6.93. The van der Waals surface area contributed by atoms with Gasteiger partial charge in [-0.2, -0.15) is 0 Å². The number of rotatable bonds is 4. The average molecular weight is 499 g/mol. The molecule has 1 saturated heterocycles. The summed E-state index contributed by atoms with van der Waals surface area (Å²) in [6.45, 7) is 5.84. The van der Waals surface area contributed by atoms with Crippen molar-refractivity contribution in [1.29, 1.82) is 0 Å². The quantitative estimate of drug-likeness (QED) is 0.458. The van der Waals surface area contributed by atoms with Crippen LogP contribution in [0.25, 0.3) is 10.4 Å². The van der Waals surface area contributed by atoms with E-state index < -0.39 is 5.54 Å². The van der Waals surface area contributed by atoms with Gasteiger partial charge in [0, 0.05) is 41.3 Å². The lowest BCUT2D eigenvalue weighted by molar-refractivity contribution is -0.114. The number of thiophene rings is 1. The number of piperidine rings is 1. The Labute approximate surface area is 209 Å². The van der Waals surface area contributed by atoms with Crippen molar-refractivity contribution in [3.05, 3.63) is 83.0 Å². The molecule has 0 aliphatic carbocycles. The minimum atomic E-state index is -0.422. The lowest BCUT2D eigenvalue weighted by Crippen LogP contribution is -2.56. The maximum Gasteiger partial charge on any atom is 0.251 e. The normalized spacial score (nSPS) is 22.4. The molecule has 178 valence electrons. The number of hydrogen-bond donors (Lipinski definition) is 1. The Morgan fingerprint density at radius 3 is 2.74 bits per heavy atom. The molecule has 2 aliphatic rings. The van der Waals surface area contributed by atoms with Gasteiger partial charge in [0.2, 0.25) is 0 Å². The third kappa shape index (κ3) is 4.38. The highest BCUT2D eigenvalue weighted by molar-refractivity contribution is 7.13. The predicted octanol–water partition coefficient (Wildman–Crippen LogP) is 6.32. The molecule has 0 bridgehead atoms. The van der Waals surface area contributed by atoms with Gasteiger partial charge in [-0.05, 0) is 79.6 Å². The van der Waals surface area contributed by atoms with Crippen molar-refractivity contribution in [2.75, 3.05) is 11.4 Å². The summed E-state index contributed by atoms with van der Waals surface area (Å²) in [5, 5.41) is 12.5. The number of phenols is 1. The van der Waals surface area contributed by atoms with E-state index in [2.05, 4.69) is 30.9 Å². The molecular formula is C27H28ClFN2O2S. The molecular weight excluding hydrogens is 471 g/mol. The van der Waals surface area contributed by atoms with Gasteiger partial charge in [0.1, 0.15) is 11.6 Å². The summed E-state index contributed by atoms with van der Waals surface area (Å²) < 4.78 is 13.9. The third-order valence-corrected chi connectivity index (χ3v) is 7.98. The largest absolute Gasteiger partial charge is 0.507 e. The van der Waals surface area contributed by atoms with E-state index in [9.17, 15) is 14.3 Å². The number of anilines is 1. The van der Waals surface area contributed by atoms with Gasteiger partial charge in [-0.15, -0.1) is 23.7 Å². The number of benzene rings is 2. The minimum Gasteiger partial charge on any atom is -0.507 e. The van der Waals surface area contributed by atoms with Crippen LogP contribution < -0.4 is 4.90 Å². The molecule has 0 saturated carbocycles. The molecule has 3 aromatic rings. The fourth-order valence-electron chi connectivity index (χ4n) is 5.23. The van der Waals surface area contributed by atoms with E-state index in [1.54, 1.807) is 40.5 Å². The molecule has 1 spiro atoms. The number of halogens is 2. The number of nitrogens with zero attached hydrogens (tertiary/aromatic N) is 2. The number of aryl methyl sites for hydroxylation is 1. The molecule has 2 atom stereocenters. The molecule has 3 heterocycles. The van der Waals surface area contributed by atoms with Crippen LogP contribution >= 0.6 is 23.7 Å². The first-order valence-corrected chi connectivity index (χ1v) is 12.1. The van der Waals surface area contributed by atoms with E-state index in [4.69, 9.17) is 0 Å². The van der Waals surface area contributed by atoms with Gasteiger partial charge < -0.3 is 5.11 Å². The molecule has 1 amide bonds. The van der Waals surface area contributed by atoms with Gasteiger partial charge >= 0.3 is 0 Å². The SMILES string of the molecule is Cc1ccsc1-c1cc(CN2CC[C@]3(C=CC(=O)N3c3cccc(F)c3)C[C@@H]2C)ccc1O.Cl. The van der Waals surface area contributed by atoms with Crippen LogP contribution in [0.5, 0.6) is 5.75 Å². The molecule has 34 heavy (non-hydrogen) atoms. The topological polar surface area (TPSA) is 43.8 Å². The Kier molecular flexibility index (Phi) is 6.85. The number of phenolic OH excluding ortho intramolecular Hbond substituents is 1. The first-order chi connectivity index (χ1) is 15.9. The molecule has 7 heteroatoms. The Hall–Kier alpha value is -2.67. The monoisotopic (exact) mass is 498 g/mol. The maximum absolute atomic E-state index is 13.9. The fraction of sp³-hybridized carbons (Fsp3) is 0.296.